The van der Waals surface area contributed by atoms with Gasteiger partial charge in [-0.25, -0.2) is 9.97 Å². The van der Waals surface area contributed by atoms with Crippen LogP contribution >= 0.6 is 46.4 Å². The van der Waals surface area contributed by atoms with Crippen molar-refractivity contribution in [2.24, 2.45) is 0 Å². The molecule has 0 aliphatic carbocycles. The fraction of sp³-hybridized carbons (Fsp3) is 0.0833. The first-order valence-corrected chi connectivity index (χ1v) is 7.04. The van der Waals surface area contributed by atoms with E-state index >= 15 is 0 Å². The van der Waals surface area contributed by atoms with Crippen molar-refractivity contribution in [1.82, 2.24) is 19.5 Å². The minimum absolute atomic E-state index is 0.0644. The molecule has 0 amide bonds. The van der Waals surface area contributed by atoms with Crippen LogP contribution < -0.4 is 0 Å². The van der Waals surface area contributed by atoms with Crippen molar-refractivity contribution in [3.8, 4) is 0 Å². The van der Waals surface area contributed by atoms with Gasteiger partial charge in [0.2, 0.25) is 5.28 Å². The molecule has 102 valence electrons. The van der Waals surface area contributed by atoms with Gasteiger partial charge in [0.15, 0.2) is 10.8 Å². The third-order valence-corrected chi connectivity index (χ3v) is 3.92. The molecule has 0 fully saturated rings. The predicted octanol–water partition coefficient (Wildman–Crippen LogP) is 4.49. The van der Waals surface area contributed by atoms with Crippen LogP contribution in [0.3, 0.4) is 0 Å². The van der Waals surface area contributed by atoms with E-state index in [9.17, 15) is 0 Å². The summed E-state index contributed by atoms with van der Waals surface area (Å²) in [5.41, 5.74) is 1.80. The van der Waals surface area contributed by atoms with Gasteiger partial charge in [0.05, 0.1) is 12.9 Å². The Balaban J connectivity index is 2.12. The molecular weight excluding hydrogens is 342 g/mol. The Hall–Kier alpha value is -1.07. The second kappa shape index (κ2) is 5.37. The van der Waals surface area contributed by atoms with Crippen LogP contribution in [0.1, 0.15) is 5.56 Å². The smallest absolute Gasteiger partial charge is 0.225 e. The van der Waals surface area contributed by atoms with Gasteiger partial charge >= 0.3 is 0 Å². The Morgan fingerprint density at radius 3 is 2.40 bits per heavy atom. The summed E-state index contributed by atoms with van der Waals surface area (Å²) in [5.74, 6) is 0. The van der Waals surface area contributed by atoms with E-state index in [0.29, 0.717) is 27.8 Å². The molecule has 4 nitrogen and oxygen atoms in total. The quantitative estimate of drug-likeness (QED) is 0.506. The zero-order valence-corrected chi connectivity index (χ0v) is 12.8. The highest BCUT2D eigenvalue weighted by Crippen LogP contribution is 2.27. The van der Waals surface area contributed by atoms with Crippen LogP contribution in [-0.4, -0.2) is 19.5 Å². The van der Waals surface area contributed by atoms with Crippen molar-refractivity contribution >= 4 is 57.6 Å². The Kier molecular flexibility index (Phi) is 3.73. The molecule has 0 atom stereocenters. The van der Waals surface area contributed by atoms with Gasteiger partial charge in [-0.2, -0.15) is 4.98 Å². The van der Waals surface area contributed by atoms with E-state index < -0.39 is 0 Å². The van der Waals surface area contributed by atoms with Gasteiger partial charge in [-0.05, 0) is 23.7 Å². The molecule has 0 unspecified atom stereocenters. The number of benzene rings is 1. The van der Waals surface area contributed by atoms with E-state index in [0.717, 1.165) is 5.56 Å². The summed E-state index contributed by atoms with van der Waals surface area (Å²) >= 11 is 24.1. The fourth-order valence-electron chi connectivity index (χ4n) is 1.85. The molecule has 3 aromatic rings. The fourth-order valence-corrected chi connectivity index (χ4v) is 2.79. The van der Waals surface area contributed by atoms with E-state index in [-0.39, 0.29) is 10.4 Å². The maximum atomic E-state index is 6.16. The molecule has 0 N–H and O–H groups in total. The van der Waals surface area contributed by atoms with Gasteiger partial charge in [-0.1, -0.05) is 40.9 Å². The standard InChI is InChI=1S/C12H6Cl4N4/c13-7-2-1-3-8(14)6(7)4-20-5-17-9-10(15)18-12(16)19-11(9)20/h1-3,5H,4H2. The average molecular weight is 348 g/mol. The van der Waals surface area contributed by atoms with Crippen molar-refractivity contribution in [2.45, 2.75) is 6.54 Å². The van der Waals surface area contributed by atoms with E-state index in [1.807, 2.05) is 0 Å². The monoisotopic (exact) mass is 346 g/mol. The first-order valence-electron chi connectivity index (χ1n) is 5.53. The minimum Gasteiger partial charge on any atom is -0.311 e. The molecule has 0 bridgehead atoms. The molecule has 2 heterocycles. The molecule has 3 rings (SSSR count). The van der Waals surface area contributed by atoms with Crippen molar-refractivity contribution in [3.05, 3.63) is 50.6 Å². The van der Waals surface area contributed by atoms with Crippen LogP contribution in [0.5, 0.6) is 0 Å². The third-order valence-electron chi connectivity index (χ3n) is 2.78. The number of hydrogen-bond acceptors (Lipinski definition) is 3. The summed E-state index contributed by atoms with van der Waals surface area (Å²) in [7, 11) is 0. The molecule has 0 saturated heterocycles. The molecule has 8 heteroatoms. The number of rotatable bonds is 2. The topological polar surface area (TPSA) is 43.6 Å². The second-order valence-corrected chi connectivity index (χ2v) is 5.54. The highest BCUT2D eigenvalue weighted by molar-refractivity contribution is 6.36. The van der Waals surface area contributed by atoms with Crippen LogP contribution in [0.4, 0.5) is 0 Å². The summed E-state index contributed by atoms with van der Waals surface area (Å²) in [4.78, 5) is 12.2. The molecule has 0 aliphatic rings. The van der Waals surface area contributed by atoms with E-state index in [4.69, 9.17) is 46.4 Å². The van der Waals surface area contributed by atoms with Gasteiger partial charge in [-0.3, -0.25) is 0 Å². The van der Waals surface area contributed by atoms with E-state index in [1.54, 1.807) is 29.1 Å². The lowest BCUT2D eigenvalue weighted by Crippen LogP contribution is -2.01. The number of hydrogen-bond donors (Lipinski definition) is 0. The molecule has 1 aromatic carbocycles. The molecule has 0 saturated carbocycles. The normalized spacial score (nSPS) is 11.2. The minimum atomic E-state index is 0.0644. The molecule has 0 radical (unpaired) electrons. The summed E-state index contributed by atoms with van der Waals surface area (Å²) in [6.45, 7) is 0.415. The first kappa shape index (κ1) is 13.9. The van der Waals surface area contributed by atoms with Gasteiger partial charge in [0.25, 0.3) is 0 Å². The SMILES string of the molecule is Clc1nc(Cl)c2ncn(Cc3c(Cl)cccc3Cl)c2n1. The second-order valence-electron chi connectivity index (χ2n) is 4.03. The third kappa shape index (κ3) is 2.44. The van der Waals surface area contributed by atoms with Crippen molar-refractivity contribution in [1.29, 1.82) is 0 Å². The van der Waals surface area contributed by atoms with Gasteiger partial charge < -0.3 is 4.57 Å². The van der Waals surface area contributed by atoms with E-state index in [2.05, 4.69) is 15.0 Å². The van der Waals surface area contributed by atoms with Crippen LogP contribution in [0.25, 0.3) is 11.2 Å². The largest absolute Gasteiger partial charge is 0.311 e. The summed E-state index contributed by atoms with van der Waals surface area (Å²) in [6, 6.07) is 5.34. The molecule has 2 aromatic heterocycles. The van der Waals surface area contributed by atoms with Crippen LogP contribution in [0.2, 0.25) is 20.5 Å². The number of aromatic nitrogens is 4. The van der Waals surface area contributed by atoms with Gasteiger partial charge in [-0.15, -0.1) is 0 Å². The predicted molar refractivity (Wildman–Crippen MR) is 80.9 cm³/mol. The summed E-state index contributed by atoms with van der Waals surface area (Å²) in [6.07, 6.45) is 1.60. The maximum Gasteiger partial charge on any atom is 0.225 e. The number of nitrogens with zero attached hydrogens (tertiary/aromatic N) is 4. The van der Waals surface area contributed by atoms with E-state index in [1.165, 1.54) is 0 Å². The lowest BCUT2D eigenvalue weighted by atomic mass is 10.2. The van der Waals surface area contributed by atoms with Crippen LogP contribution in [0.15, 0.2) is 24.5 Å². The van der Waals surface area contributed by atoms with Crippen LogP contribution in [0, 0.1) is 0 Å². The molecule has 0 aliphatic heterocycles. The van der Waals surface area contributed by atoms with Crippen molar-refractivity contribution in [2.75, 3.05) is 0 Å². The maximum absolute atomic E-state index is 6.16. The Morgan fingerprint density at radius 2 is 1.70 bits per heavy atom. The highest BCUT2D eigenvalue weighted by Gasteiger charge is 2.13. The first-order chi connectivity index (χ1) is 9.56. The zero-order valence-electron chi connectivity index (χ0n) is 9.82. The lowest BCUT2D eigenvalue weighted by Gasteiger charge is -2.08. The van der Waals surface area contributed by atoms with Gasteiger partial charge in [0, 0.05) is 15.6 Å². The Bertz CT molecular complexity index is 779. The summed E-state index contributed by atoms with van der Waals surface area (Å²) in [5, 5.41) is 1.43. The van der Waals surface area contributed by atoms with Crippen LogP contribution in [-0.2, 0) is 6.54 Å². The molecular formula is C12H6Cl4N4. The average Bonchev–Trinajstić information content (AvgIpc) is 2.77. The van der Waals surface area contributed by atoms with Crippen molar-refractivity contribution < 1.29 is 0 Å². The Labute approximate surface area is 134 Å². The van der Waals surface area contributed by atoms with Gasteiger partial charge in [0.1, 0.15) is 5.52 Å². The zero-order chi connectivity index (χ0) is 14.3. The lowest BCUT2D eigenvalue weighted by molar-refractivity contribution is 0.813. The number of halogens is 4. The molecule has 20 heavy (non-hydrogen) atoms. The molecule has 0 spiro atoms. The number of imidazole rings is 1. The summed E-state index contributed by atoms with van der Waals surface area (Å²) < 4.78 is 1.77. The number of fused-ring (bicyclic) bond motifs is 1. The highest BCUT2D eigenvalue weighted by atomic mass is 35.5. The Morgan fingerprint density at radius 1 is 1.00 bits per heavy atom. The van der Waals surface area contributed by atoms with Crippen molar-refractivity contribution in [3.63, 3.8) is 0 Å².